The zero-order chi connectivity index (χ0) is 17.0. The van der Waals surface area contributed by atoms with E-state index in [0.29, 0.717) is 25.4 Å². The van der Waals surface area contributed by atoms with Crippen LogP contribution in [-0.4, -0.2) is 50.4 Å². The van der Waals surface area contributed by atoms with Gasteiger partial charge in [0, 0.05) is 25.3 Å². The first-order valence-electron chi connectivity index (χ1n) is 8.24. The average molecular weight is 317 g/mol. The van der Waals surface area contributed by atoms with Crippen LogP contribution in [0, 0.1) is 5.92 Å². The second kappa shape index (κ2) is 7.59. The SMILES string of the molecule is CC(C)c1ccc(N2CC[C@H](C(=O)NCCN(C)C)C2=O)cc1. The summed E-state index contributed by atoms with van der Waals surface area (Å²) in [7, 11) is 3.91. The maximum Gasteiger partial charge on any atom is 0.239 e. The molecule has 1 fully saturated rings. The van der Waals surface area contributed by atoms with Gasteiger partial charge in [-0.15, -0.1) is 0 Å². The average Bonchev–Trinajstić information content (AvgIpc) is 2.88. The van der Waals surface area contributed by atoms with Crippen molar-refractivity contribution in [3.63, 3.8) is 0 Å². The van der Waals surface area contributed by atoms with E-state index in [2.05, 4.69) is 31.3 Å². The van der Waals surface area contributed by atoms with Crippen LogP contribution in [0.25, 0.3) is 0 Å². The molecule has 5 heteroatoms. The molecule has 0 spiro atoms. The summed E-state index contributed by atoms with van der Waals surface area (Å²) < 4.78 is 0. The third kappa shape index (κ3) is 4.32. The number of anilines is 1. The van der Waals surface area contributed by atoms with E-state index in [1.165, 1.54) is 5.56 Å². The normalized spacial score (nSPS) is 18.1. The van der Waals surface area contributed by atoms with Crippen LogP contribution in [0.4, 0.5) is 5.69 Å². The zero-order valence-corrected chi connectivity index (χ0v) is 14.5. The van der Waals surface area contributed by atoms with E-state index in [4.69, 9.17) is 0 Å². The Bertz CT molecular complexity index is 552. The molecule has 0 unspecified atom stereocenters. The fourth-order valence-corrected chi connectivity index (χ4v) is 2.74. The highest BCUT2D eigenvalue weighted by atomic mass is 16.2. The number of carbonyl (C=O) groups excluding carboxylic acids is 2. The van der Waals surface area contributed by atoms with Gasteiger partial charge in [-0.05, 0) is 44.1 Å². The maximum atomic E-state index is 12.5. The van der Waals surface area contributed by atoms with Gasteiger partial charge in [-0.1, -0.05) is 26.0 Å². The van der Waals surface area contributed by atoms with Gasteiger partial charge in [-0.25, -0.2) is 0 Å². The quantitative estimate of drug-likeness (QED) is 0.815. The Morgan fingerprint density at radius 3 is 2.52 bits per heavy atom. The molecule has 23 heavy (non-hydrogen) atoms. The maximum absolute atomic E-state index is 12.5. The lowest BCUT2D eigenvalue weighted by atomic mass is 10.0. The molecule has 1 aliphatic rings. The van der Waals surface area contributed by atoms with Crippen molar-refractivity contribution in [3.8, 4) is 0 Å². The molecule has 1 aromatic carbocycles. The minimum absolute atomic E-state index is 0.0929. The number of hydrogen-bond acceptors (Lipinski definition) is 3. The minimum Gasteiger partial charge on any atom is -0.354 e. The Hall–Kier alpha value is -1.88. The summed E-state index contributed by atoms with van der Waals surface area (Å²) in [6.07, 6.45) is 0.582. The van der Waals surface area contributed by atoms with E-state index in [1.807, 2.05) is 31.1 Å². The van der Waals surface area contributed by atoms with E-state index in [0.717, 1.165) is 12.2 Å². The van der Waals surface area contributed by atoms with Gasteiger partial charge in [-0.2, -0.15) is 0 Å². The van der Waals surface area contributed by atoms with E-state index < -0.39 is 5.92 Å². The fraction of sp³-hybridized carbons (Fsp3) is 0.556. The molecule has 2 rings (SSSR count). The van der Waals surface area contributed by atoms with Crippen LogP contribution in [-0.2, 0) is 9.59 Å². The molecule has 1 aromatic rings. The van der Waals surface area contributed by atoms with Crippen molar-refractivity contribution in [2.45, 2.75) is 26.2 Å². The number of amides is 2. The minimum atomic E-state index is -0.554. The van der Waals surface area contributed by atoms with Gasteiger partial charge in [0.05, 0.1) is 0 Å². The third-order valence-corrected chi connectivity index (χ3v) is 4.25. The van der Waals surface area contributed by atoms with Crippen molar-refractivity contribution in [1.29, 1.82) is 0 Å². The van der Waals surface area contributed by atoms with Crippen molar-refractivity contribution in [2.75, 3.05) is 38.6 Å². The Morgan fingerprint density at radius 1 is 1.30 bits per heavy atom. The van der Waals surface area contributed by atoms with E-state index in [1.54, 1.807) is 4.90 Å². The summed E-state index contributed by atoms with van der Waals surface area (Å²) in [5, 5.41) is 2.85. The number of nitrogens with zero attached hydrogens (tertiary/aromatic N) is 2. The van der Waals surface area contributed by atoms with Gasteiger partial charge < -0.3 is 15.1 Å². The van der Waals surface area contributed by atoms with Crippen LogP contribution in [0.15, 0.2) is 24.3 Å². The van der Waals surface area contributed by atoms with Crippen LogP contribution in [0.5, 0.6) is 0 Å². The molecule has 1 aliphatic heterocycles. The smallest absolute Gasteiger partial charge is 0.239 e. The van der Waals surface area contributed by atoms with Crippen molar-refractivity contribution >= 4 is 17.5 Å². The predicted molar refractivity (Wildman–Crippen MR) is 92.6 cm³/mol. The van der Waals surface area contributed by atoms with Gasteiger partial charge in [0.2, 0.25) is 11.8 Å². The van der Waals surface area contributed by atoms with Crippen molar-refractivity contribution in [1.82, 2.24) is 10.2 Å². The first kappa shape index (κ1) is 17.5. The molecule has 1 atom stereocenters. The van der Waals surface area contributed by atoms with Crippen molar-refractivity contribution in [3.05, 3.63) is 29.8 Å². The molecule has 0 aliphatic carbocycles. The van der Waals surface area contributed by atoms with Gasteiger partial charge >= 0.3 is 0 Å². The molecule has 126 valence electrons. The van der Waals surface area contributed by atoms with Crippen molar-refractivity contribution in [2.24, 2.45) is 5.92 Å². The van der Waals surface area contributed by atoms with Gasteiger partial charge in [0.15, 0.2) is 0 Å². The Labute approximate surface area is 138 Å². The van der Waals surface area contributed by atoms with E-state index in [9.17, 15) is 9.59 Å². The number of carbonyl (C=O) groups is 2. The summed E-state index contributed by atoms with van der Waals surface area (Å²) in [6, 6.07) is 8.05. The van der Waals surface area contributed by atoms with Crippen LogP contribution in [0.1, 0.15) is 31.7 Å². The molecule has 0 radical (unpaired) electrons. The lowest BCUT2D eigenvalue weighted by Gasteiger charge is -2.18. The standard InChI is InChI=1S/C18H27N3O2/c1-13(2)14-5-7-15(8-6-14)21-11-9-16(18(21)23)17(22)19-10-12-20(3)4/h5-8,13,16H,9-12H2,1-4H3,(H,19,22)/t16-/m1/s1. The summed E-state index contributed by atoms with van der Waals surface area (Å²) in [5.41, 5.74) is 2.13. The molecule has 0 saturated carbocycles. The first-order valence-corrected chi connectivity index (χ1v) is 8.24. The highest BCUT2D eigenvalue weighted by Gasteiger charge is 2.37. The van der Waals surface area contributed by atoms with E-state index >= 15 is 0 Å². The number of hydrogen-bond donors (Lipinski definition) is 1. The predicted octanol–water partition coefficient (Wildman–Crippen LogP) is 1.84. The Kier molecular flexibility index (Phi) is 5.77. The summed E-state index contributed by atoms with van der Waals surface area (Å²) in [6.45, 7) is 6.23. The Balaban J connectivity index is 1.96. The third-order valence-electron chi connectivity index (χ3n) is 4.25. The fourth-order valence-electron chi connectivity index (χ4n) is 2.74. The summed E-state index contributed by atoms with van der Waals surface area (Å²) >= 11 is 0. The second-order valence-electron chi connectivity index (χ2n) is 6.67. The molecule has 2 amide bonds. The number of likely N-dealkylation sites (N-methyl/N-ethyl adjacent to an activating group) is 1. The molecular weight excluding hydrogens is 290 g/mol. The molecule has 0 aromatic heterocycles. The number of benzene rings is 1. The Morgan fingerprint density at radius 2 is 1.96 bits per heavy atom. The molecule has 0 bridgehead atoms. The topological polar surface area (TPSA) is 52.7 Å². The van der Waals surface area contributed by atoms with Gasteiger partial charge in [0.25, 0.3) is 0 Å². The van der Waals surface area contributed by atoms with Crippen molar-refractivity contribution < 1.29 is 9.59 Å². The summed E-state index contributed by atoms with van der Waals surface area (Å²) in [4.78, 5) is 28.4. The molecular formula is C18H27N3O2. The second-order valence-corrected chi connectivity index (χ2v) is 6.67. The number of rotatable bonds is 6. The highest BCUT2D eigenvalue weighted by molar-refractivity contribution is 6.09. The largest absolute Gasteiger partial charge is 0.354 e. The summed E-state index contributed by atoms with van der Waals surface area (Å²) in [5.74, 6) is -0.335. The zero-order valence-electron chi connectivity index (χ0n) is 14.5. The lowest BCUT2D eigenvalue weighted by Crippen LogP contribution is -2.39. The van der Waals surface area contributed by atoms with Crippen LogP contribution in [0.3, 0.4) is 0 Å². The molecule has 1 N–H and O–H groups in total. The first-order chi connectivity index (χ1) is 10.9. The van der Waals surface area contributed by atoms with Crippen LogP contribution in [0.2, 0.25) is 0 Å². The van der Waals surface area contributed by atoms with Crippen LogP contribution >= 0.6 is 0 Å². The van der Waals surface area contributed by atoms with E-state index in [-0.39, 0.29) is 11.8 Å². The monoisotopic (exact) mass is 317 g/mol. The molecule has 1 heterocycles. The van der Waals surface area contributed by atoms with Crippen LogP contribution < -0.4 is 10.2 Å². The molecule has 5 nitrogen and oxygen atoms in total. The highest BCUT2D eigenvalue weighted by Crippen LogP contribution is 2.27. The molecule has 1 saturated heterocycles. The number of nitrogens with one attached hydrogen (secondary N) is 1. The van der Waals surface area contributed by atoms with Gasteiger partial charge in [0.1, 0.15) is 5.92 Å². The van der Waals surface area contributed by atoms with Gasteiger partial charge in [-0.3, -0.25) is 9.59 Å². The lowest BCUT2D eigenvalue weighted by molar-refractivity contribution is -0.132.